The lowest BCUT2D eigenvalue weighted by Crippen LogP contribution is -2.56. The Morgan fingerprint density at radius 3 is 2.84 bits per heavy atom. The molecule has 1 aliphatic rings. The number of aliphatic hydroxyl groups is 1. The quantitative estimate of drug-likeness (QED) is 0.922. The molecule has 0 bridgehead atoms. The van der Waals surface area contributed by atoms with Gasteiger partial charge in [-0.15, -0.1) is 11.3 Å². The van der Waals surface area contributed by atoms with Gasteiger partial charge in [0, 0.05) is 23.0 Å². The van der Waals surface area contributed by atoms with Gasteiger partial charge in [0.05, 0.1) is 11.1 Å². The van der Waals surface area contributed by atoms with Gasteiger partial charge in [-0.2, -0.15) is 0 Å². The molecule has 1 aromatic heterocycles. The Kier molecular flexibility index (Phi) is 4.64. The molecule has 3 unspecified atom stereocenters. The molecule has 0 amide bonds. The smallest absolute Gasteiger partial charge is 0.0954 e. The van der Waals surface area contributed by atoms with Crippen molar-refractivity contribution in [1.82, 2.24) is 9.88 Å². The average Bonchev–Trinajstić information content (AvgIpc) is 2.74. The Hall–Kier alpha value is -0.450. The van der Waals surface area contributed by atoms with Crippen LogP contribution in [0.2, 0.25) is 0 Å². The van der Waals surface area contributed by atoms with Crippen LogP contribution in [0.15, 0.2) is 5.38 Å². The number of rotatable bonds is 4. The van der Waals surface area contributed by atoms with Crippen molar-refractivity contribution in [1.29, 1.82) is 0 Å². The fourth-order valence-corrected chi connectivity index (χ4v) is 4.23. The molecule has 1 aliphatic carbocycles. The van der Waals surface area contributed by atoms with E-state index in [0.717, 1.165) is 23.5 Å². The number of nitrogens with zero attached hydrogens (tertiary/aromatic N) is 2. The Labute approximate surface area is 120 Å². The maximum atomic E-state index is 10.8. The molecule has 3 atom stereocenters. The molecule has 19 heavy (non-hydrogen) atoms. The monoisotopic (exact) mass is 282 g/mol. The number of aliphatic hydroxyl groups excluding tert-OH is 1. The first-order chi connectivity index (χ1) is 8.94. The van der Waals surface area contributed by atoms with Crippen molar-refractivity contribution in [3.63, 3.8) is 0 Å². The van der Waals surface area contributed by atoms with Crippen LogP contribution in [-0.2, 0) is 6.42 Å². The van der Waals surface area contributed by atoms with Crippen molar-refractivity contribution in [3.05, 3.63) is 16.1 Å². The largest absolute Gasteiger partial charge is 0.391 e. The molecule has 1 N–H and O–H groups in total. The minimum atomic E-state index is -0.323. The van der Waals surface area contributed by atoms with Crippen LogP contribution >= 0.6 is 11.3 Å². The molecule has 1 aromatic rings. The van der Waals surface area contributed by atoms with Gasteiger partial charge in [0.15, 0.2) is 0 Å². The van der Waals surface area contributed by atoms with Crippen LogP contribution in [0.5, 0.6) is 0 Å². The van der Waals surface area contributed by atoms with Crippen molar-refractivity contribution >= 4 is 11.3 Å². The van der Waals surface area contributed by atoms with Crippen LogP contribution in [0.25, 0.3) is 0 Å². The van der Waals surface area contributed by atoms with Gasteiger partial charge in [-0.1, -0.05) is 19.8 Å². The van der Waals surface area contributed by atoms with E-state index in [-0.39, 0.29) is 11.6 Å². The summed E-state index contributed by atoms with van der Waals surface area (Å²) >= 11 is 1.66. The maximum absolute atomic E-state index is 10.8. The Balaban J connectivity index is 2.14. The number of likely N-dealkylation sites (N-methyl/N-ethyl adjacent to an activating group) is 1. The van der Waals surface area contributed by atoms with Crippen LogP contribution in [0.4, 0.5) is 0 Å². The van der Waals surface area contributed by atoms with Gasteiger partial charge >= 0.3 is 0 Å². The van der Waals surface area contributed by atoms with E-state index in [1.807, 2.05) is 6.92 Å². The van der Waals surface area contributed by atoms with Gasteiger partial charge in [-0.3, -0.25) is 0 Å². The van der Waals surface area contributed by atoms with E-state index in [1.54, 1.807) is 11.3 Å². The highest BCUT2D eigenvalue weighted by atomic mass is 32.1. The third-order valence-electron chi connectivity index (χ3n) is 4.55. The molecule has 1 saturated carbocycles. The van der Waals surface area contributed by atoms with Crippen LogP contribution in [0.1, 0.15) is 43.3 Å². The summed E-state index contributed by atoms with van der Waals surface area (Å²) in [5, 5.41) is 13.9. The van der Waals surface area contributed by atoms with Crippen LogP contribution in [0.3, 0.4) is 0 Å². The Morgan fingerprint density at radius 2 is 2.32 bits per heavy atom. The van der Waals surface area contributed by atoms with E-state index in [4.69, 9.17) is 0 Å². The zero-order valence-corrected chi connectivity index (χ0v) is 13.3. The molecule has 0 spiro atoms. The summed E-state index contributed by atoms with van der Waals surface area (Å²) < 4.78 is 0. The third kappa shape index (κ3) is 3.18. The highest BCUT2D eigenvalue weighted by molar-refractivity contribution is 7.09. The topological polar surface area (TPSA) is 36.4 Å². The zero-order chi connectivity index (χ0) is 14.0. The SMILES string of the molecule is Cc1csc(CC(O)C2(N(C)C)CCCC(C)C2)n1. The number of aryl methyl sites for hydroxylation is 1. The summed E-state index contributed by atoms with van der Waals surface area (Å²) in [5.74, 6) is 0.698. The summed E-state index contributed by atoms with van der Waals surface area (Å²) in [6.45, 7) is 4.31. The van der Waals surface area contributed by atoms with E-state index in [0.29, 0.717) is 12.3 Å². The summed E-state index contributed by atoms with van der Waals surface area (Å²) in [5.41, 5.74) is 0.986. The van der Waals surface area contributed by atoms with Crippen LogP contribution < -0.4 is 0 Å². The number of aromatic nitrogens is 1. The van der Waals surface area contributed by atoms with Gasteiger partial charge < -0.3 is 10.0 Å². The number of hydrogen-bond acceptors (Lipinski definition) is 4. The highest BCUT2D eigenvalue weighted by Gasteiger charge is 2.43. The van der Waals surface area contributed by atoms with Crippen LogP contribution in [0, 0.1) is 12.8 Å². The first-order valence-corrected chi connectivity index (χ1v) is 8.08. The predicted octanol–water partition coefficient (Wildman–Crippen LogP) is 2.87. The Morgan fingerprint density at radius 1 is 1.58 bits per heavy atom. The van der Waals surface area contributed by atoms with Crippen molar-refractivity contribution < 1.29 is 5.11 Å². The fourth-order valence-electron chi connectivity index (χ4n) is 3.42. The van der Waals surface area contributed by atoms with Crippen molar-refractivity contribution in [2.75, 3.05) is 14.1 Å². The van der Waals surface area contributed by atoms with Crippen molar-refractivity contribution in [2.24, 2.45) is 5.92 Å². The standard InChI is InChI=1S/C15H26N2OS/c1-11-6-5-7-15(9-11,17(3)4)13(18)8-14-16-12(2)10-19-14/h10-11,13,18H,5-9H2,1-4H3. The predicted molar refractivity (Wildman–Crippen MR) is 80.6 cm³/mol. The minimum Gasteiger partial charge on any atom is -0.391 e. The molecule has 0 saturated heterocycles. The van der Waals surface area contributed by atoms with Crippen molar-refractivity contribution in [3.8, 4) is 0 Å². The molecular weight excluding hydrogens is 256 g/mol. The van der Waals surface area contributed by atoms with Gasteiger partial charge in [-0.25, -0.2) is 4.98 Å². The van der Waals surface area contributed by atoms with Gasteiger partial charge in [0.25, 0.3) is 0 Å². The van der Waals surface area contributed by atoms with E-state index < -0.39 is 0 Å². The zero-order valence-electron chi connectivity index (χ0n) is 12.5. The lowest BCUT2D eigenvalue weighted by atomic mass is 9.71. The molecule has 0 aliphatic heterocycles. The fraction of sp³-hybridized carbons (Fsp3) is 0.800. The second-order valence-corrected chi connectivity index (χ2v) is 7.24. The van der Waals surface area contributed by atoms with Crippen molar-refractivity contribution in [2.45, 2.75) is 57.6 Å². The molecular formula is C15H26N2OS. The molecule has 3 nitrogen and oxygen atoms in total. The Bertz CT molecular complexity index is 418. The molecule has 1 fully saturated rings. The highest BCUT2D eigenvalue weighted by Crippen LogP contribution is 2.39. The average molecular weight is 282 g/mol. The second-order valence-electron chi connectivity index (χ2n) is 6.30. The number of hydrogen-bond donors (Lipinski definition) is 1. The third-order valence-corrected chi connectivity index (χ3v) is 5.54. The van der Waals surface area contributed by atoms with Gasteiger partial charge in [0.1, 0.15) is 0 Å². The van der Waals surface area contributed by atoms with Gasteiger partial charge in [-0.05, 0) is 39.8 Å². The summed E-state index contributed by atoms with van der Waals surface area (Å²) in [7, 11) is 4.21. The first-order valence-electron chi connectivity index (χ1n) is 7.20. The summed E-state index contributed by atoms with van der Waals surface area (Å²) in [6, 6.07) is 0. The molecule has 108 valence electrons. The van der Waals surface area contributed by atoms with E-state index in [2.05, 4.69) is 36.3 Å². The molecule has 0 aromatic carbocycles. The summed E-state index contributed by atoms with van der Waals surface area (Å²) in [6.07, 6.45) is 5.05. The first kappa shape index (κ1) is 14.9. The minimum absolute atomic E-state index is 0.0722. The molecule has 4 heteroatoms. The normalized spacial score (nSPS) is 29.7. The van der Waals surface area contributed by atoms with E-state index >= 15 is 0 Å². The lowest BCUT2D eigenvalue weighted by Gasteiger charge is -2.48. The second kappa shape index (κ2) is 5.90. The van der Waals surface area contributed by atoms with Crippen LogP contribution in [-0.4, -0.2) is 40.7 Å². The number of thiazole rings is 1. The van der Waals surface area contributed by atoms with E-state index in [9.17, 15) is 5.11 Å². The van der Waals surface area contributed by atoms with E-state index in [1.165, 1.54) is 12.8 Å². The summed E-state index contributed by atoms with van der Waals surface area (Å²) in [4.78, 5) is 6.74. The molecule has 1 heterocycles. The lowest BCUT2D eigenvalue weighted by molar-refractivity contribution is -0.0424. The molecule has 2 rings (SSSR count). The maximum Gasteiger partial charge on any atom is 0.0954 e. The molecule has 0 radical (unpaired) electrons. The van der Waals surface area contributed by atoms with Gasteiger partial charge in [0.2, 0.25) is 0 Å².